The van der Waals surface area contributed by atoms with Crippen LogP contribution < -0.4 is 15.4 Å². The average molecular weight is 450 g/mol. The Morgan fingerprint density at radius 3 is 2.52 bits per heavy atom. The molecule has 3 atom stereocenters. The molecule has 1 aromatic carbocycles. The van der Waals surface area contributed by atoms with E-state index in [4.69, 9.17) is 5.73 Å². The molecule has 10 nitrogen and oxygen atoms in total. The molecule has 1 aromatic rings. The average Bonchev–Trinajstić information content (AvgIpc) is 3.41. The molecule has 0 aliphatic carbocycles. The van der Waals surface area contributed by atoms with Crippen molar-refractivity contribution >= 4 is 33.4 Å². The molecule has 11 heteroatoms. The first-order valence-electron chi connectivity index (χ1n) is 10.3. The third-order valence-corrected chi connectivity index (χ3v) is 8.08. The van der Waals surface area contributed by atoms with Crippen molar-refractivity contribution in [3.8, 4) is 0 Å². The minimum Gasteiger partial charge on any atom is -0.368 e. The number of nitrogens with two attached hydrogens (primary N) is 1. The Hall–Kier alpha value is -2.50. The van der Waals surface area contributed by atoms with Gasteiger partial charge in [0.15, 0.2) is 6.04 Å². The fourth-order valence-electron chi connectivity index (χ4n) is 4.84. The van der Waals surface area contributed by atoms with Crippen molar-refractivity contribution in [2.75, 3.05) is 31.6 Å². The number of hydrogen-bond donors (Lipinski definition) is 2. The number of benzene rings is 1. The number of nitrogens with zero attached hydrogens (tertiary/aromatic N) is 3. The lowest BCUT2D eigenvalue weighted by molar-refractivity contribution is -0.139. The zero-order chi connectivity index (χ0) is 22.5. The summed E-state index contributed by atoms with van der Waals surface area (Å²) >= 11 is 0. The monoisotopic (exact) mass is 449 g/mol. The zero-order valence-corrected chi connectivity index (χ0v) is 18.4. The zero-order valence-electron chi connectivity index (χ0n) is 17.6. The van der Waals surface area contributed by atoms with Crippen LogP contribution in [0.15, 0.2) is 23.1 Å². The second-order valence-electron chi connectivity index (χ2n) is 8.48. The van der Waals surface area contributed by atoms with E-state index in [2.05, 4.69) is 9.62 Å². The van der Waals surface area contributed by atoms with Gasteiger partial charge in [-0.05, 0) is 44.5 Å². The van der Waals surface area contributed by atoms with Crippen molar-refractivity contribution in [3.63, 3.8) is 0 Å². The largest absolute Gasteiger partial charge is 0.368 e. The molecule has 2 bridgehead atoms. The first-order valence-corrected chi connectivity index (χ1v) is 11.8. The van der Waals surface area contributed by atoms with Crippen LogP contribution in [-0.2, 0) is 24.4 Å². The molecule has 3 N–H and O–H groups in total. The van der Waals surface area contributed by atoms with Crippen molar-refractivity contribution < 1.29 is 22.8 Å². The summed E-state index contributed by atoms with van der Waals surface area (Å²) in [5.41, 5.74) is 6.31. The number of anilines is 1. The van der Waals surface area contributed by atoms with Crippen LogP contribution in [0.25, 0.3) is 0 Å². The van der Waals surface area contributed by atoms with E-state index in [9.17, 15) is 22.8 Å². The Bertz CT molecular complexity index is 1040. The Balaban J connectivity index is 1.59. The van der Waals surface area contributed by atoms with Crippen molar-refractivity contribution in [1.82, 2.24) is 14.5 Å². The molecule has 31 heavy (non-hydrogen) atoms. The van der Waals surface area contributed by atoms with Crippen LogP contribution in [0.2, 0.25) is 0 Å². The van der Waals surface area contributed by atoms with Crippen LogP contribution in [0.3, 0.4) is 0 Å². The summed E-state index contributed by atoms with van der Waals surface area (Å²) in [4.78, 5) is 42.4. The highest BCUT2D eigenvalue weighted by Gasteiger charge is 2.46. The predicted octanol–water partition coefficient (Wildman–Crippen LogP) is -0.831. The maximum atomic E-state index is 13.1. The first kappa shape index (κ1) is 21.7. The number of fused-ring (bicyclic) bond motifs is 2. The molecule has 3 heterocycles. The molecule has 3 amide bonds. The Kier molecular flexibility index (Phi) is 5.52. The van der Waals surface area contributed by atoms with Gasteiger partial charge in [0.1, 0.15) is 0 Å². The summed E-state index contributed by atoms with van der Waals surface area (Å²) < 4.78 is 28.5. The van der Waals surface area contributed by atoms with E-state index in [-0.39, 0.29) is 22.9 Å². The normalized spacial score (nSPS) is 24.8. The minimum absolute atomic E-state index is 0.0555. The Morgan fingerprint density at radius 2 is 1.97 bits per heavy atom. The standard InChI is InChI=1S/C20H27N5O5S/c1-12-15(24-8-4-7-17(24)26)5-3-6-16(12)31(29,30)22-18(19(21)27)20(28)25-11-13-9-14(25)10-23(13)2/h3,5-6,13-14,18,22H,4,7-11H2,1-2H3,(H2,21,27)/t13-,14+,18-/m0/s1. The van der Waals surface area contributed by atoms with Crippen molar-refractivity contribution in [3.05, 3.63) is 23.8 Å². The van der Waals surface area contributed by atoms with Crippen LogP contribution in [0.1, 0.15) is 24.8 Å². The second-order valence-corrected chi connectivity index (χ2v) is 10.2. The van der Waals surface area contributed by atoms with Gasteiger partial charge >= 0.3 is 0 Å². The fourth-order valence-corrected chi connectivity index (χ4v) is 6.26. The lowest BCUT2D eigenvalue weighted by Crippen LogP contribution is -2.58. The van der Waals surface area contributed by atoms with Crippen molar-refractivity contribution in [2.24, 2.45) is 5.73 Å². The molecule has 0 saturated carbocycles. The number of nitrogens with one attached hydrogen (secondary N) is 1. The third kappa shape index (κ3) is 3.81. The number of piperazine rings is 1. The topological polar surface area (TPSA) is 133 Å². The van der Waals surface area contributed by atoms with Crippen molar-refractivity contribution in [1.29, 1.82) is 0 Å². The van der Waals surface area contributed by atoms with Gasteiger partial charge in [0.2, 0.25) is 21.8 Å². The molecule has 3 saturated heterocycles. The van der Waals surface area contributed by atoms with Crippen LogP contribution in [-0.4, -0.2) is 80.7 Å². The van der Waals surface area contributed by atoms with Crippen molar-refractivity contribution in [2.45, 2.75) is 49.2 Å². The summed E-state index contributed by atoms with van der Waals surface area (Å²) in [6.07, 6.45) is 1.92. The van der Waals surface area contributed by atoms with E-state index < -0.39 is 27.9 Å². The van der Waals surface area contributed by atoms with Gasteiger partial charge < -0.3 is 15.5 Å². The lowest BCUT2D eigenvalue weighted by Gasteiger charge is -2.33. The van der Waals surface area contributed by atoms with E-state index in [1.165, 1.54) is 6.07 Å². The Morgan fingerprint density at radius 1 is 1.23 bits per heavy atom. The molecule has 0 aromatic heterocycles. The molecule has 4 rings (SSSR count). The van der Waals surface area contributed by atoms with Crippen LogP contribution in [0.4, 0.5) is 5.69 Å². The van der Waals surface area contributed by atoms with E-state index in [0.29, 0.717) is 43.7 Å². The summed E-state index contributed by atoms with van der Waals surface area (Å²) in [7, 11) is -2.28. The summed E-state index contributed by atoms with van der Waals surface area (Å²) in [5.74, 6) is -1.74. The number of likely N-dealkylation sites (N-methyl/N-ethyl adjacent to an activating group) is 1. The number of sulfonamides is 1. The second kappa shape index (κ2) is 7.88. The molecule has 168 valence electrons. The molecule has 0 unspecified atom stereocenters. The van der Waals surface area contributed by atoms with E-state index >= 15 is 0 Å². The molecular formula is C20H27N5O5S. The van der Waals surface area contributed by atoms with Gasteiger partial charge in [-0.1, -0.05) is 6.07 Å². The molecule has 0 spiro atoms. The minimum atomic E-state index is -4.25. The van der Waals surface area contributed by atoms with Gasteiger partial charge in [0.25, 0.3) is 5.91 Å². The number of primary amides is 1. The van der Waals surface area contributed by atoms with Crippen LogP contribution >= 0.6 is 0 Å². The third-order valence-electron chi connectivity index (χ3n) is 6.51. The summed E-state index contributed by atoms with van der Waals surface area (Å²) in [6.45, 7) is 3.24. The smallest absolute Gasteiger partial charge is 0.250 e. The van der Waals surface area contributed by atoms with E-state index in [1.807, 2.05) is 7.05 Å². The quantitative estimate of drug-likeness (QED) is 0.545. The molecule has 0 radical (unpaired) electrons. The van der Waals surface area contributed by atoms with Gasteiger partial charge in [0.05, 0.1) is 4.90 Å². The number of amides is 3. The SMILES string of the molecule is Cc1c(N2CCCC2=O)cccc1S(=O)(=O)N[C@@H](C(N)=O)C(=O)N1C[C@@H]2C[C@@H]1CN2C. The first-order chi connectivity index (χ1) is 14.6. The fraction of sp³-hybridized carbons (Fsp3) is 0.550. The highest BCUT2D eigenvalue weighted by Crippen LogP contribution is 2.31. The summed E-state index contributed by atoms with van der Waals surface area (Å²) in [5, 5.41) is 0. The van der Waals surface area contributed by atoms with E-state index in [0.717, 1.165) is 6.42 Å². The van der Waals surface area contributed by atoms with Gasteiger partial charge in [0, 0.05) is 43.8 Å². The lowest BCUT2D eigenvalue weighted by atomic mass is 10.2. The number of carbonyl (C=O) groups excluding carboxylic acids is 3. The number of hydrogen-bond acceptors (Lipinski definition) is 6. The number of carbonyl (C=O) groups is 3. The van der Waals surface area contributed by atoms with Gasteiger partial charge in [-0.3, -0.25) is 19.3 Å². The maximum Gasteiger partial charge on any atom is 0.250 e. The predicted molar refractivity (Wildman–Crippen MR) is 113 cm³/mol. The molecule has 3 aliphatic heterocycles. The van der Waals surface area contributed by atoms with Gasteiger partial charge in [-0.15, -0.1) is 0 Å². The molecule has 3 fully saturated rings. The number of likely N-dealkylation sites (tertiary alicyclic amines) is 2. The highest BCUT2D eigenvalue weighted by molar-refractivity contribution is 7.89. The van der Waals surface area contributed by atoms with Crippen LogP contribution in [0, 0.1) is 6.92 Å². The van der Waals surface area contributed by atoms with Crippen LogP contribution in [0.5, 0.6) is 0 Å². The van der Waals surface area contributed by atoms with E-state index in [1.54, 1.807) is 28.9 Å². The molecular weight excluding hydrogens is 422 g/mol. The van der Waals surface area contributed by atoms with Gasteiger partial charge in [-0.25, -0.2) is 8.42 Å². The maximum absolute atomic E-state index is 13.1. The Labute approximate surface area is 181 Å². The van der Waals surface area contributed by atoms with Gasteiger partial charge in [-0.2, -0.15) is 4.72 Å². The number of rotatable bonds is 6. The highest BCUT2D eigenvalue weighted by atomic mass is 32.2. The summed E-state index contributed by atoms with van der Waals surface area (Å²) in [6, 6.07) is 3.07. The molecule has 3 aliphatic rings.